The second kappa shape index (κ2) is 6.83. The smallest absolute Gasteiger partial charge is 0.251 e. The van der Waals surface area contributed by atoms with Crippen LogP contribution in [-0.2, 0) is 6.42 Å². The molecule has 0 aliphatic rings. The highest BCUT2D eigenvalue weighted by atomic mass is 16.5. The highest BCUT2D eigenvalue weighted by Crippen LogP contribution is 2.11. The molecular formula is C14H19N5O2. The van der Waals surface area contributed by atoms with E-state index in [9.17, 15) is 4.79 Å². The molecule has 0 spiro atoms. The molecule has 0 fully saturated rings. The Labute approximate surface area is 123 Å². The largest absolute Gasteiger partial charge is 0.497 e. The molecule has 0 saturated carbocycles. The molecule has 0 atom stereocenters. The topological polar surface area (TPSA) is 81.9 Å². The summed E-state index contributed by atoms with van der Waals surface area (Å²) in [6.07, 6.45) is 0.590. The van der Waals surface area contributed by atoms with Crippen molar-refractivity contribution >= 4 is 5.91 Å². The third kappa shape index (κ3) is 3.77. The first kappa shape index (κ1) is 15.0. The second-order valence-corrected chi connectivity index (χ2v) is 4.87. The van der Waals surface area contributed by atoms with Crippen LogP contribution in [0.4, 0.5) is 0 Å². The van der Waals surface area contributed by atoms with Crippen LogP contribution in [0.5, 0.6) is 5.75 Å². The van der Waals surface area contributed by atoms with Crippen LogP contribution in [0.2, 0.25) is 0 Å². The van der Waals surface area contributed by atoms with Crippen molar-refractivity contribution in [3.8, 4) is 5.75 Å². The van der Waals surface area contributed by atoms with Crippen molar-refractivity contribution in [1.29, 1.82) is 0 Å². The maximum Gasteiger partial charge on any atom is 0.251 e. The molecule has 1 amide bonds. The van der Waals surface area contributed by atoms with Gasteiger partial charge in [-0.3, -0.25) is 4.79 Å². The molecule has 0 unspecified atom stereocenters. The second-order valence-electron chi connectivity index (χ2n) is 4.87. The summed E-state index contributed by atoms with van der Waals surface area (Å²) in [5.41, 5.74) is 0.597. The molecule has 7 heteroatoms. The summed E-state index contributed by atoms with van der Waals surface area (Å²) >= 11 is 0. The molecule has 2 rings (SSSR count). The predicted molar refractivity (Wildman–Crippen MR) is 77.2 cm³/mol. The molecule has 0 bridgehead atoms. The third-order valence-electron chi connectivity index (χ3n) is 3.04. The van der Waals surface area contributed by atoms with Crippen molar-refractivity contribution in [2.24, 2.45) is 0 Å². The van der Waals surface area contributed by atoms with E-state index in [1.54, 1.807) is 36.1 Å². The molecule has 0 aliphatic heterocycles. The first-order chi connectivity index (χ1) is 10.1. The SMILES string of the molecule is COc1ccc(C(=O)NCCc2nnnn2C(C)C)cc1. The van der Waals surface area contributed by atoms with E-state index in [1.807, 2.05) is 13.8 Å². The number of hydrogen-bond acceptors (Lipinski definition) is 5. The summed E-state index contributed by atoms with van der Waals surface area (Å²) in [7, 11) is 1.59. The van der Waals surface area contributed by atoms with Gasteiger partial charge in [-0.25, -0.2) is 4.68 Å². The molecule has 21 heavy (non-hydrogen) atoms. The monoisotopic (exact) mass is 289 g/mol. The highest BCUT2D eigenvalue weighted by Gasteiger charge is 2.10. The lowest BCUT2D eigenvalue weighted by molar-refractivity contribution is 0.0954. The van der Waals surface area contributed by atoms with Crippen molar-refractivity contribution in [3.05, 3.63) is 35.7 Å². The van der Waals surface area contributed by atoms with Gasteiger partial charge in [0.1, 0.15) is 5.75 Å². The van der Waals surface area contributed by atoms with Gasteiger partial charge in [-0.2, -0.15) is 0 Å². The third-order valence-corrected chi connectivity index (χ3v) is 3.04. The maximum atomic E-state index is 12.0. The Morgan fingerprint density at radius 2 is 2.05 bits per heavy atom. The lowest BCUT2D eigenvalue weighted by atomic mass is 10.2. The fourth-order valence-electron chi connectivity index (χ4n) is 1.91. The van der Waals surface area contributed by atoms with Gasteiger partial charge in [0.2, 0.25) is 0 Å². The van der Waals surface area contributed by atoms with Crippen LogP contribution in [0, 0.1) is 0 Å². The lowest BCUT2D eigenvalue weighted by Gasteiger charge is -2.08. The number of rotatable bonds is 6. The highest BCUT2D eigenvalue weighted by molar-refractivity contribution is 5.94. The minimum absolute atomic E-state index is 0.124. The van der Waals surface area contributed by atoms with E-state index in [0.29, 0.717) is 18.5 Å². The first-order valence-electron chi connectivity index (χ1n) is 6.81. The number of carbonyl (C=O) groups is 1. The molecule has 0 radical (unpaired) electrons. The number of hydrogen-bond donors (Lipinski definition) is 1. The predicted octanol–water partition coefficient (Wildman–Crippen LogP) is 1.24. The number of methoxy groups -OCH3 is 1. The van der Waals surface area contributed by atoms with Crippen LogP contribution in [0.1, 0.15) is 36.1 Å². The van der Waals surface area contributed by atoms with Gasteiger partial charge < -0.3 is 10.1 Å². The average molecular weight is 289 g/mol. The van der Waals surface area contributed by atoms with Gasteiger partial charge in [0.05, 0.1) is 13.2 Å². The van der Waals surface area contributed by atoms with Crippen LogP contribution >= 0.6 is 0 Å². The maximum absolute atomic E-state index is 12.0. The number of nitrogens with zero attached hydrogens (tertiary/aromatic N) is 4. The zero-order valence-electron chi connectivity index (χ0n) is 12.4. The van der Waals surface area contributed by atoms with Crippen molar-refractivity contribution < 1.29 is 9.53 Å². The minimum Gasteiger partial charge on any atom is -0.497 e. The van der Waals surface area contributed by atoms with Gasteiger partial charge >= 0.3 is 0 Å². The minimum atomic E-state index is -0.124. The summed E-state index contributed by atoms with van der Waals surface area (Å²) in [5, 5.41) is 14.4. The molecule has 1 aromatic heterocycles. The summed E-state index contributed by atoms with van der Waals surface area (Å²) in [4.78, 5) is 12.0. The Morgan fingerprint density at radius 1 is 1.33 bits per heavy atom. The molecule has 2 aromatic rings. The standard InChI is InChI=1S/C14H19N5O2/c1-10(2)19-13(16-17-18-19)8-9-15-14(20)11-4-6-12(21-3)7-5-11/h4-7,10H,8-9H2,1-3H3,(H,15,20). The van der Waals surface area contributed by atoms with Gasteiger partial charge in [0.15, 0.2) is 5.82 Å². The molecule has 1 aromatic carbocycles. The zero-order valence-corrected chi connectivity index (χ0v) is 12.4. The van der Waals surface area contributed by atoms with E-state index in [2.05, 4.69) is 20.8 Å². The van der Waals surface area contributed by atoms with Gasteiger partial charge in [-0.15, -0.1) is 5.10 Å². The molecule has 0 aliphatic carbocycles. The van der Waals surface area contributed by atoms with Crippen LogP contribution in [0.25, 0.3) is 0 Å². The zero-order chi connectivity index (χ0) is 15.2. The Kier molecular flexibility index (Phi) is 4.86. The number of benzene rings is 1. The van der Waals surface area contributed by atoms with E-state index < -0.39 is 0 Å². The molecule has 1 N–H and O–H groups in total. The molecular weight excluding hydrogens is 270 g/mol. The average Bonchev–Trinajstić information content (AvgIpc) is 2.96. The number of nitrogens with one attached hydrogen (secondary N) is 1. The first-order valence-corrected chi connectivity index (χ1v) is 6.81. The van der Waals surface area contributed by atoms with Gasteiger partial charge in [-0.05, 0) is 48.5 Å². The number of ether oxygens (including phenoxy) is 1. The van der Waals surface area contributed by atoms with E-state index in [-0.39, 0.29) is 11.9 Å². The molecule has 112 valence electrons. The van der Waals surface area contributed by atoms with Crippen molar-refractivity contribution in [2.45, 2.75) is 26.3 Å². The number of tetrazole rings is 1. The summed E-state index contributed by atoms with van der Waals surface area (Å²) in [6, 6.07) is 7.17. The van der Waals surface area contributed by atoms with Gasteiger partial charge in [0.25, 0.3) is 5.91 Å². The summed E-state index contributed by atoms with van der Waals surface area (Å²) in [5.74, 6) is 1.36. The van der Waals surface area contributed by atoms with E-state index >= 15 is 0 Å². The van der Waals surface area contributed by atoms with Crippen molar-refractivity contribution in [1.82, 2.24) is 25.5 Å². The fourth-order valence-corrected chi connectivity index (χ4v) is 1.91. The van der Waals surface area contributed by atoms with Gasteiger partial charge in [0, 0.05) is 18.5 Å². The lowest BCUT2D eigenvalue weighted by Crippen LogP contribution is -2.26. The van der Waals surface area contributed by atoms with E-state index in [0.717, 1.165) is 11.6 Å². The Morgan fingerprint density at radius 3 is 2.67 bits per heavy atom. The van der Waals surface area contributed by atoms with Crippen LogP contribution in [0.3, 0.4) is 0 Å². The van der Waals surface area contributed by atoms with Crippen LogP contribution < -0.4 is 10.1 Å². The van der Waals surface area contributed by atoms with Crippen molar-refractivity contribution in [3.63, 3.8) is 0 Å². The fraction of sp³-hybridized carbons (Fsp3) is 0.429. The Balaban J connectivity index is 1.87. The number of carbonyl (C=O) groups excluding carboxylic acids is 1. The normalized spacial score (nSPS) is 10.7. The van der Waals surface area contributed by atoms with E-state index in [4.69, 9.17) is 4.74 Å². The number of aromatic nitrogens is 4. The van der Waals surface area contributed by atoms with Crippen molar-refractivity contribution in [2.75, 3.05) is 13.7 Å². The molecule has 0 saturated heterocycles. The molecule has 7 nitrogen and oxygen atoms in total. The van der Waals surface area contributed by atoms with E-state index in [1.165, 1.54) is 0 Å². The van der Waals surface area contributed by atoms with Gasteiger partial charge in [-0.1, -0.05) is 0 Å². The Hall–Kier alpha value is -2.44. The molecule has 1 heterocycles. The van der Waals surface area contributed by atoms with Crippen LogP contribution in [0.15, 0.2) is 24.3 Å². The number of amides is 1. The summed E-state index contributed by atoms with van der Waals surface area (Å²) < 4.78 is 6.81. The van der Waals surface area contributed by atoms with Crippen LogP contribution in [-0.4, -0.2) is 39.8 Å². The Bertz CT molecular complexity index is 592. The quantitative estimate of drug-likeness (QED) is 0.865. The summed E-state index contributed by atoms with van der Waals surface area (Å²) in [6.45, 7) is 4.50.